The van der Waals surface area contributed by atoms with Crippen molar-refractivity contribution in [2.45, 2.75) is 0 Å². The molecule has 0 amide bonds. The number of benzene rings is 6. The van der Waals surface area contributed by atoms with E-state index in [0.717, 1.165) is 83.5 Å². The number of pyridine rings is 1. The van der Waals surface area contributed by atoms with E-state index < -0.39 is 0 Å². The van der Waals surface area contributed by atoms with Crippen LogP contribution in [0.5, 0.6) is 0 Å². The van der Waals surface area contributed by atoms with Gasteiger partial charge in [-0.2, -0.15) is 5.26 Å². The van der Waals surface area contributed by atoms with Crippen LogP contribution in [0, 0.1) is 11.3 Å². The maximum absolute atomic E-state index is 9.20. The fourth-order valence-electron chi connectivity index (χ4n) is 6.51. The van der Waals surface area contributed by atoms with Crippen LogP contribution >= 0.6 is 0 Å². The van der Waals surface area contributed by atoms with Gasteiger partial charge in [-0.15, -0.1) is 0 Å². The summed E-state index contributed by atoms with van der Waals surface area (Å²) in [5, 5.41) is 16.4. The lowest BCUT2D eigenvalue weighted by atomic mass is 9.99. The highest BCUT2D eigenvalue weighted by Crippen LogP contribution is 2.36. The SMILES string of the molecule is N#Cc1ccc(-c2ccc3oc4ccc(-c5cccc(-c6n[n+]7cc(-c8ccccc8)cc(-c8ccccc8)c7[nH]6)c5)cc4c3c2)cc1. The molecule has 0 aliphatic heterocycles. The third-order valence-corrected chi connectivity index (χ3v) is 8.97. The first-order valence-corrected chi connectivity index (χ1v) is 15.8. The Hall–Kier alpha value is -6.77. The molecular formula is C43H27N4O+. The van der Waals surface area contributed by atoms with Gasteiger partial charge in [0.1, 0.15) is 17.4 Å². The number of fused-ring (bicyclic) bond motifs is 4. The lowest BCUT2D eigenvalue weighted by molar-refractivity contribution is -0.575. The monoisotopic (exact) mass is 615 g/mol. The molecule has 0 fully saturated rings. The second-order valence-electron chi connectivity index (χ2n) is 11.9. The van der Waals surface area contributed by atoms with Crippen LogP contribution in [-0.2, 0) is 0 Å². The first-order valence-electron chi connectivity index (χ1n) is 15.8. The van der Waals surface area contributed by atoms with Crippen LogP contribution in [0.2, 0.25) is 0 Å². The van der Waals surface area contributed by atoms with Crippen LogP contribution < -0.4 is 4.52 Å². The predicted octanol–water partition coefficient (Wildman–Crippen LogP) is 10.3. The average Bonchev–Trinajstić information content (AvgIpc) is 3.76. The van der Waals surface area contributed by atoms with Gasteiger partial charge < -0.3 is 4.42 Å². The molecule has 0 atom stereocenters. The Morgan fingerprint density at radius 3 is 1.77 bits per heavy atom. The first-order chi connectivity index (χ1) is 23.7. The van der Waals surface area contributed by atoms with E-state index in [1.165, 1.54) is 0 Å². The molecule has 6 aromatic carbocycles. The number of aromatic amines is 1. The summed E-state index contributed by atoms with van der Waals surface area (Å²) in [5.74, 6) is 0.793. The van der Waals surface area contributed by atoms with Crippen LogP contribution in [-0.4, -0.2) is 10.1 Å². The van der Waals surface area contributed by atoms with E-state index in [-0.39, 0.29) is 0 Å². The molecule has 0 aliphatic carbocycles. The fraction of sp³-hybridized carbons (Fsp3) is 0. The van der Waals surface area contributed by atoms with Crippen molar-refractivity contribution in [1.29, 1.82) is 5.26 Å². The van der Waals surface area contributed by atoms with Crippen molar-refractivity contribution >= 4 is 27.6 Å². The molecule has 224 valence electrons. The Morgan fingerprint density at radius 2 is 1.08 bits per heavy atom. The molecule has 0 saturated carbocycles. The number of nitrogens with zero attached hydrogens (tertiary/aromatic N) is 3. The van der Waals surface area contributed by atoms with Crippen LogP contribution in [0.3, 0.4) is 0 Å². The molecule has 0 unspecified atom stereocenters. The summed E-state index contributed by atoms with van der Waals surface area (Å²) in [4.78, 5) is 3.63. The Kier molecular flexibility index (Phi) is 6.45. The molecule has 9 aromatic rings. The van der Waals surface area contributed by atoms with E-state index in [2.05, 4.69) is 120 Å². The Bertz CT molecular complexity index is 2660. The first kappa shape index (κ1) is 27.5. The number of rotatable bonds is 5. The minimum absolute atomic E-state index is 0.648. The number of aromatic nitrogens is 3. The van der Waals surface area contributed by atoms with Crippen LogP contribution in [0.4, 0.5) is 0 Å². The maximum Gasteiger partial charge on any atom is 0.314 e. The van der Waals surface area contributed by atoms with E-state index in [4.69, 9.17) is 9.52 Å². The molecule has 0 aliphatic rings. The smallest absolute Gasteiger partial charge is 0.314 e. The van der Waals surface area contributed by atoms with Crippen molar-refractivity contribution < 1.29 is 8.93 Å². The third kappa shape index (κ3) is 4.81. The third-order valence-electron chi connectivity index (χ3n) is 8.97. The number of nitriles is 1. The van der Waals surface area contributed by atoms with Crippen LogP contribution in [0.1, 0.15) is 5.56 Å². The molecule has 9 rings (SSSR count). The van der Waals surface area contributed by atoms with Crippen molar-refractivity contribution in [3.05, 3.63) is 163 Å². The second-order valence-corrected chi connectivity index (χ2v) is 11.9. The Balaban J connectivity index is 1.13. The van der Waals surface area contributed by atoms with Crippen molar-refractivity contribution in [2.24, 2.45) is 0 Å². The zero-order chi connectivity index (χ0) is 32.0. The van der Waals surface area contributed by atoms with E-state index >= 15 is 0 Å². The fourth-order valence-corrected chi connectivity index (χ4v) is 6.51. The topological polar surface area (TPSA) is 69.7 Å². The molecule has 0 spiro atoms. The molecule has 48 heavy (non-hydrogen) atoms. The molecule has 5 heteroatoms. The van der Waals surface area contributed by atoms with Crippen molar-refractivity contribution in [2.75, 3.05) is 0 Å². The van der Waals surface area contributed by atoms with Gasteiger partial charge in [-0.25, -0.2) is 4.98 Å². The molecule has 5 nitrogen and oxygen atoms in total. The highest BCUT2D eigenvalue weighted by Gasteiger charge is 2.21. The Labute approximate surface area is 276 Å². The lowest BCUT2D eigenvalue weighted by Gasteiger charge is -2.04. The predicted molar refractivity (Wildman–Crippen MR) is 191 cm³/mol. The van der Waals surface area contributed by atoms with Crippen molar-refractivity contribution in [3.8, 4) is 62.0 Å². The van der Waals surface area contributed by atoms with Gasteiger partial charge in [-0.3, -0.25) is 0 Å². The largest absolute Gasteiger partial charge is 0.456 e. The van der Waals surface area contributed by atoms with Crippen molar-refractivity contribution in [3.63, 3.8) is 0 Å². The number of nitrogens with one attached hydrogen (secondary N) is 1. The van der Waals surface area contributed by atoms with E-state index in [1.54, 1.807) is 0 Å². The van der Waals surface area contributed by atoms with E-state index in [9.17, 15) is 5.26 Å². The van der Waals surface area contributed by atoms with Gasteiger partial charge in [-0.1, -0.05) is 102 Å². The second kappa shape index (κ2) is 11.2. The normalized spacial score (nSPS) is 11.3. The summed E-state index contributed by atoms with van der Waals surface area (Å²) in [5.41, 5.74) is 13.0. The molecule has 3 heterocycles. The van der Waals surface area contributed by atoms with Gasteiger partial charge in [0.15, 0.2) is 0 Å². The van der Waals surface area contributed by atoms with Crippen LogP contribution in [0.25, 0.3) is 83.5 Å². The molecular weight excluding hydrogens is 589 g/mol. The summed E-state index contributed by atoms with van der Waals surface area (Å²) < 4.78 is 8.19. The quantitative estimate of drug-likeness (QED) is 0.196. The summed E-state index contributed by atoms with van der Waals surface area (Å²) in [7, 11) is 0. The minimum atomic E-state index is 0.648. The van der Waals surface area contributed by atoms with Gasteiger partial charge in [0.05, 0.1) is 17.2 Å². The van der Waals surface area contributed by atoms with Crippen molar-refractivity contribution in [1.82, 2.24) is 10.1 Å². The summed E-state index contributed by atoms with van der Waals surface area (Å²) in [6.45, 7) is 0. The summed E-state index contributed by atoms with van der Waals surface area (Å²) >= 11 is 0. The van der Waals surface area contributed by atoms with Crippen LogP contribution in [0.15, 0.2) is 162 Å². The maximum atomic E-state index is 9.20. The van der Waals surface area contributed by atoms with Gasteiger partial charge in [0.2, 0.25) is 0 Å². The van der Waals surface area contributed by atoms with E-state index in [1.807, 2.05) is 53.0 Å². The number of hydrogen-bond acceptors (Lipinski definition) is 3. The van der Waals surface area contributed by atoms with E-state index in [0.29, 0.717) is 5.56 Å². The molecule has 0 saturated heterocycles. The van der Waals surface area contributed by atoms with Gasteiger partial charge in [0.25, 0.3) is 5.82 Å². The van der Waals surface area contributed by atoms with Gasteiger partial charge in [-0.05, 0) is 93.1 Å². The molecule has 1 N–H and O–H groups in total. The Morgan fingerprint density at radius 1 is 0.521 bits per heavy atom. The molecule has 0 radical (unpaired) electrons. The lowest BCUT2D eigenvalue weighted by Crippen LogP contribution is -2.23. The average molecular weight is 616 g/mol. The highest BCUT2D eigenvalue weighted by molar-refractivity contribution is 6.07. The zero-order valence-corrected chi connectivity index (χ0v) is 25.8. The highest BCUT2D eigenvalue weighted by atomic mass is 16.3. The number of furan rings is 1. The summed E-state index contributed by atoms with van der Waals surface area (Å²) in [6, 6.07) is 54.1. The number of hydrogen-bond donors (Lipinski definition) is 1. The zero-order valence-electron chi connectivity index (χ0n) is 25.8. The summed E-state index contributed by atoms with van der Waals surface area (Å²) in [6.07, 6.45) is 2.09. The molecule has 0 bridgehead atoms. The van der Waals surface area contributed by atoms with Gasteiger partial charge in [0, 0.05) is 21.9 Å². The minimum Gasteiger partial charge on any atom is -0.456 e. The standard InChI is InChI=1S/C43H26N4O/c44-26-28-14-16-30(17-15-28)33-18-20-40-38(23-33)39-24-34(19-21-41(39)48-40)32-12-7-13-35(22-32)42-45-43-37(31-10-5-2-6-11-31)25-36(27-47(43)46-42)29-8-3-1-4-9-29/h1-25,27H/p+1. The van der Waals surface area contributed by atoms with Gasteiger partial charge >= 0.3 is 5.65 Å². The number of H-pyrrole nitrogens is 1. The molecule has 3 aromatic heterocycles.